The molecule has 0 bridgehead atoms. The monoisotopic (exact) mass is 242 g/mol. The second-order valence-corrected chi connectivity index (χ2v) is 4.47. The summed E-state index contributed by atoms with van der Waals surface area (Å²) in [4.78, 5) is 14.2. The zero-order valence-corrected chi connectivity index (χ0v) is 11.2. The van der Waals surface area contributed by atoms with E-state index in [1.54, 1.807) is 0 Å². The minimum Gasteiger partial charge on any atom is -0.380 e. The first-order chi connectivity index (χ1) is 8.29. The van der Waals surface area contributed by atoms with Crippen molar-refractivity contribution < 1.29 is 9.53 Å². The Balaban J connectivity index is 2.40. The highest BCUT2D eigenvalue weighted by Crippen LogP contribution is 2.10. The van der Waals surface area contributed by atoms with Crippen LogP contribution in [0.3, 0.4) is 0 Å². The molecule has 1 fully saturated rings. The van der Waals surface area contributed by atoms with Crippen LogP contribution >= 0.6 is 0 Å². The molecule has 0 saturated carbocycles. The lowest BCUT2D eigenvalue weighted by Crippen LogP contribution is -2.47. The van der Waals surface area contributed by atoms with Gasteiger partial charge in [-0.25, -0.2) is 0 Å². The fourth-order valence-electron chi connectivity index (χ4n) is 2.20. The molecule has 17 heavy (non-hydrogen) atoms. The van der Waals surface area contributed by atoms with Crippen molar-refractivity contribution in [2.24, 2.45) is 0 Å². The molecule has 1 aliphatic rings. The molecule has 0 aromatic heterocycles. The maximum Gasteiger partial charge on any atom is 0.239 e. The molecule has 1 rings (SSSR count). The molecule has 0 aromatic carbocycles. The van der Waals surface area contributed by atoms with Crippen molar-refractivity contribution in [3.63, 3.8) is 0 Å². The van der Waals surface area contributed by atoms with E-state index in [0.717, 1.165) is 25.9 Å². The van der Waals surface area contributed by atoms with Crippen LogP contribution in [0.4, 0.5) is 0 Å². The second-order valence-electron chi connectivity index (χ2n) is 4.47. The van der Waals surface area contributed by atoms with E-state index in [2.05, 4.69) is 5.32 Å². The summed E-state index contributed by atoms with van der Waals surface area (Å²) in [5, 5.41) is 3.35. The Hall–Kier alpha value is -0.610. The molecule has 4 heteroatoms. The van der Waals surface area contributed by atoms with Gasteiger partial charge in [0.2, 0.25) is 5.91 Å². The van der Waals surface area contributed by atoms with Crippen LogP contribution in [0.15, 0.2) is 0 Å². The molecule has 0 radical (unpaired) electrons. The van der Waals surface area contributed by atoms with Gasteiger partial charge < -0.3 is 15.0 Å². The topological polar surface area (TPSA) is 41.6 Å². The van der Waals surface area contributed by atoms with Crippen LogP contribution in [-0.2, 0) is 9.53 Å². The molecule has 4 nitrogen and oxygen atoms in total. The Morgan fingerprint density at radius 2 is 2.18 bits per heavy atom. The fourth-order valence-corrected chi connectivity index (χ4v) is 2.20. The van der Waals surface area contributed by atoms with Crippen LogP contribution in [0.2, 0.25) is 0 Å². The second kappa shape index (κ2) is 8.48. The minimum absolute atomic E-state index is 0.0269. The molecule has 1 unspecified atom stereocenters. The molecule has 1 heterocycles. The largest absolute Gasteiger partial charge is 0.380 e. The quantitative estimate of drug-likeness (QED) is 0.716. The van der Waals surface area contributed by atoms with Gasteiger partial charge >= 0.3 is 0 Å². The number of nitrogens with zero attached hydrogens (tertiary/aromatic N) is 1. The van der Waals surface area contributed by atoms with Crippen LogP contribution in [0.25, 0.3) is 0 Å². The van der Waals surface area contributed by atoms with Crippen LogP contribution in [0.1, 0.15) is 39.5 Å². The van der Waals surface area contributed by atoms with Gasteiger partial charge in [0.15, 0.2) is 0 Å². The highest BCUT2D eigenvalue weighted by molar-refractivity contribution is 5.81. The molecule has 100 valence electrons. The van der Waals surface area contributed by atoms with E-state index >= 15 is 0 Å². The number of hydrogen-bond donors (Lipinski definition) is 1. The standard InChI is InChI=1S/C13H26N2O2/c1-3-15(10-11-17-4-2)13(16)12-8-6-5-7-9-14-12/h12,14H,3-11H2,1-2H3. The van der Waals surface area contributed by atoms with Crippen molar-refractivity contribution in [3.05, 3.63) is 0 Å². The van der Waals surface area contributed by atoms with Gasteiger partial charge in [-0.05, 0) is 33.2 Å². The molecule has 0 spiro atoms. The maximum atomic E-state index is 12.3. The van der Waals surface area contributed by atoms with Gasteiger partial charge in [-0.2, -0.15) is 0 Å². The third-order valence-corrected chi connectivity index (χ3v) is 3.26. The van der Waals surface area contributed by atoms with E-state index in [1.807, 2.05) is 18.7 Å². The van der Waals surface area contributed by atoms with Gasteiger partial charge in [-0.15, -0.1) is 0 Å². The van der Waals surface area contributed by atoms with Gasteiger partial charge in [0, 0.05) is 19.7 Å². The number of likely N-dealkylation sites (N-methyl/N-ethyl adjacent to an activating group) is 1. The number of ether oxygens (including phenoxy) is 1. The van der Waals surface area contributed by atoms with Gasteiger partial charge in [-0.3, -0.25) is 4.79 Å². The normalized spacial score (nSPS) is 20.9. The van der Waals surface area contributed by atoms with E-state index in [0.29, 0.717) is 19.8 Å². The van der Waals surface area contributed by atoms with Gasteiger partial charge in [-0.1, -0.05) is 12.8 Å². The molecular weight excluding hydrogens is 216 g/mol. The third-order valence-electron chi connectivity index (χ3n) is 3.26. The summed E-state index contributed by atoms with van der Waals surface area (Å²) in [6.45, 7) is 7.81. The number of carbonyl (C=O) groups excluding carboxylic acids is 1. The number of hydrogen-bond acceptors (Lipinski definition) is 3. The lowest BCUT2D eigenvalue weighted by Gasteiger charge is -2.26. The Morgan fingerprint density at radius 1 is 1.35 bits per heavy atom. The van der Waals surface area contributed by atoms with Crippen LogP contribution in [-0.4, -0.2) is 49.7 Å². The van der Waals surface area contributed by atoms with E-state index in [-0.39, 0.29) is 11.9 Å². The predicted octanol–water partition coefficient (Wildman–Crippen LogP) is 1.40. The number of carbonyl (C=O) groups is 1. The summed E-state index contributed by atoms with van der Waals surface area (Å²) in [6.07, 6.45) is 4.56. The van der Waals surface area contributed by atoms with Crippen molar-refractivity contribution in [1.29, 1.82) is 0 Å². The van der Waals surface area contributed by atoms with Gasteiger partial charge in [0.1, 0.15) is 0 Å². The van der Waals surface area contributed by atoms with E-state index in [1.165, 1.54) is 12.8 Å². The first-order valence-electron chi connectivity index (χ1n) is 6.89. The Kier molecular flexibility index (Phi) is 7.21. The van der Waals surface area contributed by atoms with E-state index in [9.17, 15) is 4.79 Å². The minimum atomic E-state index is 0.0269. The average Bonchev–Trinajstić information content (AvgIpc) is 2.63. The molecule has 0 aliphatic carbocycles. The summed E-state index contributed by atoms with van der Waals surface area (Å²) in [6, 6.07) is 0.0269. The van der Waals surface area contributed by atoms with Gasteiger partial charge in [0.05, 0.1) is 12.6 Å². The average molecular weight is 242 g/mol. The van der Waals surface area contributed by atoms with Crippen molar-refractivity contribution >= 4 is 5.91 Å². The smallest absolute Gasteiger partial charge is 0.239 e. The first-order valence-corrected chi connectivity index (χ1v) is 6.89. The van der Waals surface area contributed by atoms with Crippen molar-refractivity contribution in [2.75, 3.05) is 32.8 Å². The van der Waals surface area contributed by atoms with Crippen LogP contribution in [0, 0.1) is 0 Å². The SMILES string of the molecule is CCOCCN(CC)C(=O)C1CCCCCN1. The predicted molar refractivity (Wildman–Crippen MR) is 69.0 cm³/mol. The molecule has 0 aromatic rings. The van der Waals surface area contributed by atoms with Crippen LogP contribution < -0.4 is 5.32 Å². The van der Waals surface area contributed by atoms with Crippen molar-refractivity contribution in [3.8, 4) is 0 Å². The van der Waals surface area contributed by atoms with Crippen molar-refractivity contribution in [1.82, 2.24) is 10.2 Å². The fraction of sp³-hybridized carbons (Fsp3) is 0.923. The van der Waals surface area contributed by atoms with Gasteiger partial charge in [0.25, 0.3) is 0 Å². The molecule has 1 N–H and O–H groups in total. The Morgan fingerprint density at radius 3 is 2.88 bits per heavy atom. The third kappa shape index (κ3) is 5.04. The van der Waals surface area contributed by atoms with E-state index < -0.39 is 0 Å². The summed E-state index contributed by atoms with van der Waals surface area (Å²) < 4.78 is 5.31. The maximum absolute atomic E-state index is 12.3. The Labute approximate surface area is 105 Å². The summed E-state index contributed by atoms with van der Waals surface area (Å²) in [5.41, 5.74) is 0. The Bertz CT molecular complexity index is 213. The molecular formula is C13H26N2O2. The number of amides is 1. The zero-order chi connectivity index (χ0) is 12.5. The summed E-state index contributed by atoms with van der Waals surface area (Å²) in [7, 11) is 0. The zero-order valence-electron chi connectivity index (χ0n) is 11.2. The summed E-state index contributed by atoms with van der Waals surface area (Å²) in [5.74, 6) is 0.245. The molecule has 1 saturated heterocycles. The lowest BCUT2D eigenvalue weighted by atomic mass is 10.1. The molecule has 1 aliphatic heterocycles. The van der Waals surface area contributed by atoms with E-state index in [4.69, 9.17) is 4.74 Å². The van der Waals surface area contributed by atoms with Crippen molar-refractivity contribution in [2.45, 2.75) is 45.6 Å². The van der Waals surface area contributed by atoms with Crippen LogP contribution in [0.5, 0.6) is 0 Å². The highest BCUT2D eigenvalue weighted by Gasteiger charge is 2.23. The number of rotatable bonds is 6. The first kappa shape index (κ1) is 14.5. The summed E-state index contributed by atoms with van der Waals surface area (Å²) >= 11 is 0. The highest BCUT2D eigenvalue weighted by atomic mass is 16.5. The molecule has 1 amide bonds. The lowest BCUT2D eigenvalue weighted by molar-refractivity contribution is -0.134. The number of nitrogens with one attached hydrogen (secondary N) is 1. The molecule has 1 atom stereocenters.